The zero-order valence-corrected chi connectivity index (χ0v) is 12.8. The Labute approximate surface area is 135 Å². The van der Waals surface area contributed by atoms with E-state index in [9.17, 15) is 4.39 Å². The molecule has 0 atom stereocenters. The lowest BCUT2D eigenvalue weighted by molar-refractivity contribution is 0.628. The van der Waals surface area contributed by atoms with Gasteiger partial charge in [0.25, 0.3) is 0 Å². The maximum Gasteiger partial charge on any atom is 0.200 e. The molecule has 0 unspecified atom stereocenters. The Morgan fingerprint density at radius 3 is 2.57 bits per heavy atom. The summed E-state index contributed by atoms with van der Waals surface area (Å²) in [5.74, 6) is 0.0444. The minimum atomic E-state index is -0.491. The van der Waals surface area contributed by atoms with Gasteiger partial charge >= 0.3 is 0 Å². The zero-order chi connectivity index (χ0) is 15.0. The molecule has 0 bridgehead atoms. The first-order chi connectivity index (χ1) is 10.1. The summed E-state index contributed by atoms with van der Waals surface area (Å²) in [5.41, 5.74) is 1.32. The van der Waals surface area contributed by atoms with E-state index in [0.29, 0.717) is 26.9 Å². The second kappa shape index (κ2) is 5.60. The first-order valence-electron chi connectivity index (χ1n) is 5.95. The first kappa shape index (κ1) is 14.3. The summed E-state index contributed by atoms with van der Waals surface area (Å²) in [5, 5.41) is 7.47. The lowest BCUT2D eigenvalue weighted by Gasteiger charge is -2.08. The molecule has 106 valence electrons. The summed E-state index contributed by atoms with van der Waals surface area (Å²) in [6.07, 6.45) is 0. The van der Waals surface area contributed by atoms with Crippen LogP contribution in [0.4, 0.5) is 4.39 Å². The van der Waals surface area contributed by atoms with Crippen molar-refractivity contribution >= 4 is 35.4 Å². The van der Waals surface area contributed by atoms with Crippen molar-refractivity contribution in [3.63, 3.8) is 0 Å². The third kappa shape index (κ3) is 2.60. The fraction of sp³-hybridized carbons (Fsp3) is 0. The van der Waals surface area contributed by atoms with E-state index in [1.807, 2.05) is 18.2 Å². The van der Waals surface area contributed by atoms with Crippen LogP contribution < -0.4 is 0 Å². The molecule has 0 aliphatic carbocycles. The van der Waals surface area contributed by atoms with Crippen molar-refractivity contribution in [1.82, 2.24) is 14.8 Å². The molecule has 3 nitrogen and oxygen atoms in total. The van der Waals surface area contributed by atoms with Crippen LogP contribution in [0.25, 0.3) is 17.1 Å². The van der Waals surface area contributed by atoms with Crippen molar-refractivity contribution < 1.29 is 4.39 Å². The predicted octanol–water partition coefficient (Wildman–Crippen LogP) is 5.04. The molecule has 0 saturated heterocycles. The smallest absolute Gasteiger partial charge is 0.200 e. The Morgan fingerprint density at radius 1 is 1.10 bits per heavy atom. The topological polar surface area (TPSA) is 33.6 Å². The fourth-order valence-electron chi connectivity index (χ4n) is 1.98. The third-order valence-corrected chi connectivity index (χ3v) is 3.84. The maximum absolute atomic E-state index is 13.3. The third-order valence-electron chi connectivity index (χ3n) is 2.95. The average molecular weight is 340 g/mol. The SMILES string of the molecule is Fc1ccc(-n2c(-c3ccccc3Cl)n[nH]c2=S)cc1Cl. The standard InChI is InChI=1S/C14H8Cl2FN3S/c15-10-4-2-1-3-9(10)13-18-19-14(21)20(13)8-5-6-12(17)11(16)7-8/h1-7H,(H,19,21). The van der Waals surface area contributed by atoms with E-state index in [1.54, 1.807) is 16.7 Å². The van der Waals surface area contributed by atoms with E-state index < -0.39 is 5.82 Å². The predicted molar refractivity (Wildman–Crippen MR) is 84.2 cm³/mol. The number of rotatable bonds is 2. The Bertz CT molecular complexity index is 873. The lowest BCUT2D eigenvalue weighted by atomic mass is 10.2. The Hall–Kier alpha value is -1.69. The minimum Gasteiger partial charge on any atom is -0.268 e. The molecular weight excluding hydrogens is 332 g/mol. The van der Waals surface area contributed by atoms with Gasteiger partial charge in [0, 0.05) is 5.56 Å². The van der Waals surface area contributed by atoms with E-state index in [0.717, 1.165) is 0 Å². The number of halogens is 3. The molecule has 0 saturated carbocycles. The minimum absolute atomic E-state index is 0.0145. The summed E-state index contributed by atoms with van der Waals surface area (Å²) in [6, 6.07) is 11.6. The van der Waals surface area contributed by atoms with Gasteiger partial charge in [-0.1, -0.05) is 35.3 Å². The van der Waals surface area contributed by atoms with Crippen LogP contribution in [0.3, 0.4) is 0 Å². The van der Waals surface area contributed by atoms with Gasteiger partial charge in [-0.15, -0.1) is 0 Å². The molecule has 3 aromatic rings. The number of benzene rings is 2. The summed E-state index contributed by atoms with van der Waals surface area (Å²) >= 11 is 17.3. The monoisotopic (exact) mass is 339 g/mol. The second-order valence-electron chi connectivity index (χ2n) is 4.27. The zero-order valence-electron chi connectivity index (χ0n) is 10.5. The summed E-state index contributed by atoms with van der Waals surface area (Å²) in [4.78, 5) is 0. The van der Waals surface area contributed by atoms with E-state index in [4.69, 9.17) is 35.4 Å². The van der Waals surface area contributed by atoms with E-state index >= 15 is 0 Å². The van der Waals surface area contributed by atoms with Gasteiger partial charge in [-0.05, 0) is 42.5 Å². The van der Waals surface area contributed by atoms with Gasteiger partial charge in [0.15, 0.2) is 10.6 Å². The molecular formula is C14H8Cl2FN3S. The average Bonchev–Trinajstić information content (AvgIpc) is 2.84. The van der Waals surface area contributed by atoms with Crippen molar-refractivity contribution in [2.75, 3.05) is 0 Å². The van der Waals surface area contributed by atoms with Crippen LogP contribution >= 0.6 is 35.4 Å². The molecule has 1 heterocycles. The molecule has 3 rings (SSSR count). The van der Waals surface area contributed by atoms with Crippen LogP contribution in [0.1, 0.15) is 0 Å². The van der Waals surface area contributed by atoms with Crippen molar-refractivity contribution in [2.24, 2.45) is 0 Å². The number of aromatic nitrogens is 3. The van der Waals surface area contributed by atoms with Crippen LogP contribution in [0, 0.1) is 10.6 Å². The van der Waals surface area contributed by atoms with Crippen LogP contribution in [0.15, 0.2) is 42.5 Å². The molecule has 2 aromatic carbocycles. The summed E-state index contributed by atoms with van der Waals surface area (Å²) in [6.45, 7) is 0. The summed E-state index contributed by atoms with van der Waals surface area (Å²) < 4.78 is 15.3. The van der Waals surface area contributed by atoms with Crippen LogP contribution in [0.5, 0.6) is 0 Å². The largest absolute Gasteiger partial charge is 0.268 e. The van der Waals surface area contributed by atoms with Crippen LogP contribution in [-0.4, -0.2) is 14.8 Å². The molecule has 7 heteroatoms. The van der Waals surface area contributed by atoms with Crippen molar-refractivity contribution in [3.8, 4) is 17.1 Å². The van der Waals surface area contributed by atoms with E-state index in [2.05, 4.69) is 10.2 Å². The molecule has 0 amide bonds. The molecule has 0 aliphatic rings. The van der Waals surface area contributed by atoms with Crippen molar-refractivity contribution in [3.05, 3.63) is 63.1 Å². The van der Waals surface area contributed by atoms with Gasteiger partial charge in [0.05, 0.1) is 15.7 Å². The molecule has 0 aliphatic heterocycles. The molecule has 0 spiro atoms. The van der Waals surface area contributed by atoms with Gasteiger partial charge in [0.2, 0.25) is 0 Å². The lowest BCUT2D eigenvalue weighted by Crippen LogP contribution is -1.98. The van der Waals surface area contributed by atoms with Crippen molar-refractivity contribution in [2.45, 2.75) is 0 Å². The van der Waals surface area contributed by atoms with Gasteiger partial charge in [0.1, 0.15) is 5.82 Å². The highest BCUT2D eigenvalue weighted by Gasteiger charge is 2.14. The Kier molecular flexibility index (Phi) is 3.80. The number of hydrogen-bond acceptors (Lipinski definition) is 2. The van der Waals surface area contributed by atoms with E-state index in [1.165, 1.54) is 12.1 Å². The molecule has 21 heavy (non-hydrogen) atoms. The summed E-state index contributed by atoms with van der Waals surface area (Å²) in [7, 11) is 0. The highest BCUT2D eigenvalue weighted by molar-refractivity contribution is 7.71. The number of hydrogen-bond donors (Lipinski definition) is 1. The van der Waals surface area contributed by atoms with Gasteiger partial charge in [-0.25, -0.2) is 4.39 Å². The second-order valence-corrected chi connectivity index (χ2v) is 5.47. The maximum atomic E-state index is 13.3. The highest BCUT2D eigenvalue weighted by Crippen LogP contribution is 2.29. The first-order valence-corrected chi connectivity index (χ1v) is 7.12. The fourth-order valence-corrected chi connectivity index (χ4v) is 2.62. The van der Waals surface area contributed by atoms with Gasteiger partial charge in [-0.2, -0.15) is 5.10 Å². The number of aromatic amines is 1. The van der Waals surface area contributed by atoms with Gasteiger partial charge in [-0.3, -0.25) is 9.67 Å². The molecule has 1 N–H and O–H groups in total. The van der Waals surface area contributed by atoms with Crippen LogP contribution in [-0.2, 0) is 0 Å². The Balaban J connectivity index is 2.25. The number of nitrogens with one attached hydrogen (secondary N) is 1. The normalized spacial score (nSPS) is 10.8. The number of H-pyrrole nitrogens is 1. The Morgan fingerprint density at radius 2 is 1.86 bits per heavy atom. The molecule has 0 radical (unpaired) electrons. The number of nitrogens with zero attached hydrogens (tertiary/aromatic N) is 2. The van der Waals surface area contributed by atoms with Crippen molar-refractivity contribution in [1.29, 1.82) is 0 Å². The molecule has 0 fully saturated rings. The molecule has 1 aromatic heterocycles. The highest BCUT2D eigenvalue weighted by atomic mass is 35.5. The van der Waals surface area contributed by atoms with Gasteiger partial charge < -0.3 is 0 Å². The van der Waals surface area contributed by atoms with Crippen LogP contribution in [0.2, 0.25) is 10.0 Å². The quantitative estimate of drug-likeness (QED) is 0.663. The van der Waals surface area contributed by atoms with E-state index in [-0.39, 0.29) is 5.02 Å².